The molecule has 6 nitrogen and oxygen atoms in total. The first-order chi connectivity index (χ1) is 12.0. The molecule has 0 spiro atoms. The second-order valence-electron chi connectivity index (χ2n) is 6.49. The Hall–Kier alpha value is -2.02. The number of amides is 3. The second kappa shape index (κ2) is 7.47. The average Bonchev–Trinajstić information content (AvgIpc) is 2.94. The van der Waals surface area contributed by atoms with Gasteiger partial charge in [-0.2, -0.15) is 0 Å². The number of hydrogen-bond donors (Lipinski definition) is 1. The van der Waals surface area contributed by atoms with Crippen molar-refractivity contribution in [1.29, 1.82) is 0 Å². The number of nitrogens with zero attached hydrogens (tertiary/aromatic N) is 3. The smallest absolute Gasteiger partial charge is 0.325 e. The minimum Gasteiger partial charge on any atom is -0.331 e. The van der Waals surface area contributed by atoms with Crippen molar-refractivity contribution < 1.29 is 9.59 Å². The van der Waals surface area contributed by atoms with Crippen LogP contribution in [0.15, 0.2) is 29.3 Å². The number of aliphatic imine (C=N–C) groups is 1. The Kier molecular flexibility index (Phi) is 5.32. The first-order valence-electron chi connectivity index (χ1n) is 8.61. The lowest BCUT2D eigenvalue weighted by Gasteiger charge is -2.36. The number of aryl methyl sites for hydroxylation is 1. The molecule has 0 aliphatic carbocycles. The van der Waals surface area contributed by atoms with Gasteiger partial charge in [-0.3, -0.25) is 10.1 Å². The topological polar surface area (TPSA) is 65.0 Å². The highest BCUT2D eigenvalue weighted by Gasteiger charge is 2.48. The number of hydrogen-bond acceptors (Lipinski definition) is 5. The predicted octanol–water partition coefficient (Wildman–Crippen LogP) is 2.58. The Morgan fingerprint density at radius 1 is 1.24 bits per heavy atom. The average molecular weight is 360 g/mol. The van der Waals surface area contributed by atoms with Gasteiger partial charge in [0.2, 0.25) is 0 Å². The molecule has 0 saturated carbocycles. The van der Waals surface area contributed by atoms with Gasteiger partial charge in [-0.1, -0.05) is 54.9 Å². The maximum absolute atomic E-state index is 12.5. The molecule has 1 aromatic rings. The lowest BCUT2D eigenvalue weighted by Crippen LogP contribution is -2.63. The molecular formula is C18H24N4O2S. The molecule has 25 heavy (non-hydrogen) atoms. The number of nitrogens with one attached hydrogen (secondary N) is 1. The third kappa shape index (κ3) is 3.66. The molecule has 7 heteroatoms. The van der Waals surface area contributed by atoms with Gasteiger partial charge in [-0.15, -0.1) is 0 Å². The van der Waals surface area contributed by atoms with Gasteiger partial charge in [0.25, 0.3) is 5.91 Å². The summed E-state index contributed by atoms with van der Waals surface area (Å²) in [4.78, 5) is 32.7. The number of fused-ring (bicyclic) bond motifs is 1. The Balaban J connectivity index is 1.85. The Bertz CT molecular complexity index is 689. The van der Waals surface area contributed by atoms with Gasteiger partial charge in [0, 0.05) is 19.3 Å². The van der Waals surface area contributed by atoms with E-state index in [0.29, 0.717) is 6.54 Å². The molecule has 1 aromatic carbocycles. The number of urea groups is 1. The summed E-state index contributed by atoms with van der Waals surface area (Å²) in [6.07, 6.45) is 1.76. The third-order valence-electron chi connectivity index (χ3n) is 4.53. The lowest BCUT2D eigenvalue weighted by atomic mass is 10.1. The van der Waals surface area contributed by atoms with Gasteiger partial charge in [0.1, 0.15) is 0 Å². The molecule has 0 aromatic heterocycles. The quantitative estimate of drug-likeness (QED) is 0.820. The largest absolute Gasteiger partial charge is 0.331 e. The molecule has 3 rings (SSSR count). The summed E-state index contributed by atoms with van der Waals surface area (Å²) in [5.74, 6) is 0.688. The van der Waals surface area contributed by atoms with Gasteiger partial charge < -0.3 is 9.80 Å². The number of thioether (sulfide) groups is 1. The number of unbranched alkanes of at least 4 members (excludes halogenated alkanes) is 1. The Labute approximate surface area is 152 Å². The number of carbonyl (C=O) groups is 2. The minimum absolute atomic E-state index is 0.268. The van der Waals surface area contributed by atoms with Gasteiger partial charge in [-0.25, -0.2) is 9.79 Å². The summed E-state index contributed by atoms with van der Waals surface area (Å²) >= 11 is 1.67. The highest BCUT2D eigenvalue weighted by atomic mass is 32.2. The summed E-state index contributed by atoms with van der Waals surface area (Å²) in [5, 5.41) is 3.28. The van der Waals surface area contributed by atoms with E-state index >= 15 is 0 Å². The highest BCUT2D eigenvalue weighted by Crippen LogP contribution is 2.30. The standard InChI is InChI=1S/C18H24N4O2S/c1-4-5-10-25-18-19-15-14(16(23)20-17(24)21(15)3)22(18)11-13-8-6-12(2)7-9-13/h6-9,14-15H,4-5,10-11H2,1-3H3,(H,20,23,24). The van der Waals surface area contributed by atoms with E-state index < -0.39 is 12.2 Å². The van der Waals surface area contributed by atoms with E-state index in [-0.39, 0.29) is 11.9 Å². The summed E-state index contributed by atoms with van der Waals surface area (Å²) in [6.45, 7) is 4.81. The van der Waals surface area contributed by atoms with E-state index in [1.54, 1.807) is 18.8 Å². The van der Waals surface area contributed by atoms with Crippen molar-refractivity contribution in [2.24, 2.45) is 4.99 Å². The van der Waals surface area contributed by atoms with Gasteiger partial charge in [0.15, 0.2) is 17.4 Å². The molecule has 2 heterocycles. The summed E-state index contributed by atoms with van der Waals surface area (Å²) in [6, 6.07) is 7.44. The zero-order chi connectivity index (χ0) is 18.0. The van der Waals surface area contributed by atoms with Crippen LogP contribution in [-0.2, 0) is 11.3 Å². The van der Waals surface area contributed by atoms with Crippen LogP contribution in [0, 0.1) is 6.92 Å². The van der Waals surface area contributed by atoms with Crippen molar-refractivity contribution in [3.05, 3.63) is 35.4 Å². The van der Waals surface area contributed by atoms with Gasteiger partial charge in [0.05, 0.1) is 0 Å². The van der Waals surface area contributed by atoms with Crippen LogP contribution >= 0.6 is 11.8 Å². The molecular weight excluding hydrogens is 336 g/mol. The van der Waals surface area contributed by atoms with E-state index in [4.69, 9.17) is 4.99 Å². The number of amidine groups is 1. The maximum atomic E-state index is 12.5. The molecule has 0 radical (unpaired) electrons. The normalized spacial score (nSPS) is 22.8. The van der Waals surface area contributed by atoms with Crippen molar-refractivity contribution >= 4 is 28.9 Å². The molecule has 1 N–H and O–H groups in total. The van der Waals surface area contributed by atoms with Crippen LogP contribution < -0.4 is 5.32 Å². The summed E-state index contributed by atoms with van der Waals surface area (Å²) in [7, 11) is 1.69. The van der Waals surface area contributed by atoms with Crippen LogP contribution in [0.5, 0.6) is 0 Å². The van der Waals surface area contributed by atoms with Gasteiger partial charge >= 0.3 is 6.03 Å². The predicted molar refractivity (Wildman–Crippen MR) is 100 cm³/mol. The first-order valence-corrected chi connectivity index (χ1v) is 9.60. The number of imide groups is 1. The molecule has 1 fully saturated rings. The summed E-state index contributed by atoms with van der Waals surface area (Å²) < 4.78 is 0. The van der Waals surface area contributed by atoms with Crippen LogP contribution in [0.1, 0.15) is 30.9 Å². The molecule has 2 atom stereocenters. The van der Waals surface area contributed by atoms with Gasteiger partial charge in [-0.05, 0) is 18.9 Å². The fourth-order valence-corrected chi connectivity index (χ4v) is 4.13. The minimum atomic E-state index is -0.465. The number of carbonyl (C=O) groups excluding carboxylic acids is 2. The van der Waals surface area contributed by atoms with Crippen molar-refractivity contribution in [3.63, 3.8) is 0 Å². The van der Waals surface area contributed by atoms with Crippen molar-refractivity contribution in [1.82, 2.24) is 15.1 Å². The zero-order valence-electron chi connectivity index (χ0n) is 14.9. The Morgan fingerprint density at radius 3 is 2.64 bits per heavy atom. The van der Waals surface area contributed by atoms with Crippen molar-refractivity contribution in [3.8, 4) is 0 Å². The van der Waals surface area contributed by atoms with E-state index in [9.17, 15) is 9.59 Å². The molecule has 0 bridgehead atoms. The first kappa shape index (κ1) is 17.8. The molecule has 3 amide bonds. The van der Waals surface area contributed by atoms with E-state index in [1.165, 1.54) is 10.5 Å². The van der Waals surface area contributed by atoms with Crippen molar-refractivity contribution in [2.45, 2.75) is 45.4 Å². The zero-order valence-corrected chi connectivity index (χ0v) is 15.7. The second-order valence-corrected chi connectivity index (χ2v) is 7.55. The van der Waals surface area contributed by atoms with E-state index in [1.807, 2.05) is 4.90 Å². The summed E-state index contributed by atoms with van der Waals surface area (Å²) in [5.41, 5.74) is 2.33. The molecule has 1 saturated heterocycles. The van der Waals surface area contributed by atoms with Crippen LogP contribution in [0.25, 0.3) is 0 Å². The molecule has 2 aliphatic rings. The van der Waals surface area contributed by atoms with E-state index in [2.05, 4.69) is 43.4 Å². The Morgan fingerprint density at radius 2 is 1.96 bits per heavy atom. The lowest BCUT2D eigenvalue weighted by molar-refractivity contribution is -0.127. The third-order valence-corrected chi connectivity index (χ3v) is 5.62. The molecule has 134 valence electrons. The number of likely N-dealkylation sites (N-methyl/N-ethyl adjacent to an activating group) is 1. The van der Waals surface area contributed by atoms with Crippen molar-refractivity contribution in [2.75, 3.05) is 12.8 Å². The van der Waals surface area contributed by atoms with Crippen LogP contribution in [0.4, 0.5) is 4.79 Å². The van der Waals surface area contributed by atoms with E-state index in [0.717, 1.165) is 29.3 Å². The molecule has 2 unspecified atom stereocenters. The highest BCUT2D eigenvalue weighted by molar-refractivity contribution is 8.13. The fourth-order valence-electron chi connectivity index (χ4n) is 2.98. The number of benzene rings is 1. The SMILES string of the molecule is CCCCSC1=NC2C(C(=O)NC(=O)N2C)N1Cc1ccc(C)cc1. The fraction of sp³-hybridized carbons (Fsp3) is 0.500. The monoisotopic (exact) mass is 360 g/mol. The maximum Gasteiger partial charge on any atom is 0.325 e. The molecule has 2 aliphatic heterocycles. The van der Waals surface area contributed by atoms with Crippen LogP contribution in [-0.4, -0.2) is 51.9 Å². The van der Waals surface area contributed by atoms with Crippen LogP contribution in [0.2, 0.25) is 0 Å². The van der Waals surface area contributed by atoms with Crippen LogP contribution in [0.3, 0.4) is 0 Å². The number of rotatable bonds is 5.